The lowest BCUT2D eigenvalue weighted by Gasteiger charge is -2.40. The van der Waals surface area contributed by atoms with Gasteiger partial charge in [-0.15, -0.1) is 22.7 Å². The molecule has 0 atom stereocenters. The summed E-state index contributed by atoms with van der Waals surface area (Å²) in [6, 6.07) is 17.4. The van der Waals surface area contributed by atoms with Crippen molar-refractivity contribution in [1.29, 1.82) is 0 Å². The van der Waals surface area contributed by atoms with Crippen molar-refractivity contribution in [3.05, 3.63) is 88.8 Å². The molecule has 4 rings (SSSR count). The number of aryl methyl sites for hydroxylation is 3. The minimum Gasteiger partial charge on any atom is -0.201 e. The van der Waals surface area contributed by atoms with Crippen molar-refractivity contribution in [2.45, 2.75) is 66.5 Å². The molecule has 0 aliphatic rings. The topological polar surface area (TPSA) is 43.4 Å². The number of hydrogen-bond donors (Lipinski definition) is 0. The molecule has 0 amide bonds. The van der Waals surface area contributed by atoms with E-state index in [0.29, 0.717) is 15.3 Å². The lowest BCUT2D eigenvalue weighted by atomic mass is 10.1. The van der Waals surface area contributed by atoms with E-state index in [-0.39, 0.29) is 14.0 Å². The number of benzene rings is 2. The van der Waals surface area contributed by atoms with Crippen LogP contribution < -0.4 is 0 Å². The van der Waals surface area contributed by atoms with Crippen LogP contribution >= 0.6 is 44.7 Å². The summed E-state index contributed by atoms with van der Waals surface area (Å²) in [5.74, 6) is -14.9. The molecule has 0 fully saturated rings. The Morgan fingerprint density at radius 3 is 1.50 bits per heavy atom. The largest absolute Gasteiger partial charge is 0.460 e. The first-order chi connectivity index (χ1) is 20.2. The summed E-state index contributed by atoms with van der Waals surface area (Å²) in [5, 5.41) is -7.03. The molecular weight excluding hydrogens is 704 g/mol. The van der Waals surface area contributed by atoms with Crippen LogP contribution in [0.25, 0.3) is 0 Å². The van der Waals surface area contributed by atoms with Gasteiger partial charge in [-0.1, -0.05) is 47.2 Å². The lowest BCUT2D eigenvalue weighted by Crippen LogP contribution is -2.63. The van der Waals surface area contributed by atoms with Gasteiger partial charge in [0.2, 0.25) is 0 Å². The summed E-state index contributed by atoms with van der Waals surface area (Å²) >= 11 is 3.51. The van der Waals surface area contributed by atoms with Gasteiger partial charge in [0, 0.05) is 14.7 Å². The first-order valence-corrected chi connectivity index (χ1v) is 17.5. The molecule has 0 N–H and O–H groups in total. The van der Waals surface area contributed by atoms with Crippen LogP contribution in [-0.4, -0.2) is 31.7 Å². The van der Waals surface area contributed by atoms with Crippen molar-refractivity contribution >= 4 is 54.9 Å². The number of halogens is 9. The summed E-state index contributed by atoms with van der Waals surface area (Å²) in [6.07, 6.45) is -7.21. The minimum atomic E-state index is -7.45. The molecule has 0 saturated heterocycles. The molecule has 17 heteroatoms. The van der Waals surface area contributed by atoms with E-state index >= 15 is 8.78 Å². The molecular formula is C27H21F9O3S5. The highest BCUT2D eigenvalue weighted by atomic mass is 32.3. The van der Waals surface area contributed by atoms with Gasteiger partial charge in [-0.3, -0.25) is 0 Å². The second-order valence-electron chi connectivity index (χ2n) is 9.41. The van der Waals surface area contributed by atoms with Gasteiger partial charge in [0.1, 0.15) is 0 Å². The highest BCUT2D eigenvalue weighted by Crippen LogP contribution is 2.73. The average Bonchev–Trinajstić information content (AvgIpc) is 3.56. The average molecular weight is 725 g/mol. The predicted molar refractivity (Wildman–Crippen MR) is 153 cm³/mol. The predicted octanol–water partition coefficient (Wildman–Crippen LogP) is 10.9. The maximum absolute atomic E-state index is 15.1. The Bertz CT molecular complexity index is 1680. The van der Waals surface area contributed by atoms with Crippen molar-refractivity contribution in [2.24, 2.45) is 0 Å². The van der Waals surface area contributed by atoms with E-state index in [2.05, 4.69) is 0 Å². The van der Waals surface area contributed by atoms with Crippen molar-refractivity contribution < 1.29 is 51.6 Å². The standard InChI is InChI=1S/C27H21F9O3S5/c1-16-4-9-19(10-5-16)43(20-11-6-17(2)7-12-20,23-15-14-22(42-23)41-21-13-8-18(3)40-21)39-44(37,38)27(35,36)25(30,31)24(28,29)26(32,33)34/h4-15H,1-3H3. The Morgan fingerprint density at radius 2 is 1.07 bits per heavy atom. The van der Waals surface area contributed by atoms with Gasteiger partial charge in [-0.25, -0.2) is 3.63 Å². The highest BCUT2D eigenvalue weighted by Gasteiger charge is 2.86. The third-order valence-electron chi connectivity index (χ3n) is 6.08. The van der Waals surface area contributed by atoms with E-state index in [4.69, 9.17) is 3.63 Å². The zero-order valence-electron chi connectivity index (χ0n) is 22.6. The number of alkyl halides is 9. The Kier molecular flexibility index (Phi) is 9.36. The molecule has 0 radical (unpaired) electrons. The summed E-state index contributed by atoms with van der Waals surface area (Å²) < 4.78 is 158. The van der Waals surface area contributed by atoms with Gasteiger partial charge in [0.15, 0.2) is 0 Å². The molecule has 2 aromatic carbocycles. The third kappa shape index (κ3) is 6.02. The van der Waals surface area contributed by atoms with Gasteiger partial charge < -0.3 is 0 Å². The molecule has 240 valence electrons. The molecule has 2 aromatic heterocycles. The molecule has 44 heavy (non-hydrogen) atoms. The van der Waals surface area contributed by atoms with Crippen molar-refractivity contribution in [3.63, 3.8) is 0 Å². The van der Waals surface area contributed by atoms with E-state index in [9.17, 15) is 39.2 Å². The SMILES string of the molecule is Cc1ccc(S(OS(=O)(=O)C(F)(F)C(F)(F)C(F)(F)C(F)(F)F)(c2ccc(C)cc2)c2ccc(Sc3ccc(C)s3)s2)cc1. The van der Waals surface area contributed by atoms with Crippen molar-refractivity contribution in [2.75, 3.05) is 0 Å². The van der Waals surface area contributed by atoms with E-state index in [1.54, 1.807) is 19.9 Å². The van der Waals surface area contributed by atoms with Crippen LogP contribution in [0.15, 0.2) is 95.2 Å². The Balaban J connectivity index is 1.98. The first-order valence-electron chi connectivity index (χ1n) is 12.1. The molecule has 0 aliphatic carbocycles. The molecule has 0 saturated carbocycles. The van der Waals surface area contributed by atoms with E-state index in [0.717, 1.165) is 20.4 Å². The zero-order chi connectivity index (χ0) is 32.9. The third-order valence-corrected chi connectivity index (χ3v) is 15.2. The van der Waals surface area contributed by atoms with Crippen molar-refractivity contribution in [1.82, 2.24) is 0 Å². The molecule has 3 nitrogen and oxygen atoms in total. The maximum atomic E-state index is 15.1. The van der Waals surface area contributed by atoms with E-state index in [1.807, 2.05) is 13.0 Å². The van der Waals surface area contributed by atoms with Crippen LogP contribution in [0.4, 0.5) is 39.5 Å². The fourth-order valence-electron chi connectivity index (χ4n) is 3.71. The van der Waals surface area contributed by atoms with Gasteiger partial charge in [0.05, 0.1) is 12.6 Å². The van der Waals surface area contributed by atoms with Gasteiger partial charge >= 0.3 is 33.4 Å². The fourth-order valence-corrected chi connectivity index (χ4v) is 13.5. The quantitative estimate of drug-likeness (QED) is 0.153. The lowest BCUT2D eigenvalue weighted by molar-refractivity contribution is -0.382. The normalized spacial score (nSPS) is 14.2. The summed E-state index contributed by atoms with van der Waals surface area (Å²) in [6.45, 7) is 5.14. The monoisotopic (exact) mass is 724 g/mol. The zero-order valence-corrected chi connectivity index (χ0v) is 26.7. The molecule has 0 aliphatic heterocycles. The first kappa shape index (κ1) is 34.7. The maximum Gasteiger partial charge on any atom is 0.460 e. The second kappa shape index (κ2) is 11.9. The molecule has 0 bridgehead atoms. The Hall–Kier alpha value is -2.18. The van der Waals surface area contributed by atoms with Crippen LogP contribution in [0, 0.1) is 20.8 Å². The smallest absolute Gasteiger partial charge is 0.201 e. The molecule has 0 unspecified atom stereocenters. The van der Waals surface area contributed by atoms with Gasteiger partial charge in [-0.2, -0.15) is 47.9 Å². The van der Waals surface area contributed by atoms with E-state index < -0.39 is 43.7 Å². The molecule has 0 spiro atoms. The fraction of sp³-hybridized carbons (Fsp3) is 0.259. The molecule has 2 heterocycles. The number of thiophene rings is 2. The van der Waals surface area contributed by atoms with Gasteiger partial charge in [0.25, 0.3) is 0 Å². The van der Waals surface area contributed by atoms with E-state index in [1.165, 1.54) is 83.8 Å². The minimum absolute atomic E-state index is 0.0775. The van der Waals surface area contributed by atoms with Gasteiger partial charge in [-0.05, 0) is 79.6 Å². The van der Waals surface area contributed by atoms with Crippen LogP contribution in [0.5, 0.6) is 0 Å². The van der Waals surface area contributed by atoms with Crippen LogP contribution in [0.1, 0.15) is 16.0 Å². The Labute approximate surface area is 260 Å². The summed E-state index contributed by atoms with van der Waals surface area (Å²) in [4.78, 5) is 0.724. The van der Waals surface area contributed by atoms with Crippen molar-refractivity contribution in [3.8, 4) is 0 Å². The highest BCUT2D eigenvalue weighted by molar-refractivity contribution is 8.34. The van der Waals surface area contributed by atoms with Crippen LogP contribution in [0.3, 0.4) is 0 Å². The number of rotatable bonds is 10. The number of hydrogen-bond acceptors (Lipinski definition) is 6. The Morgan fingerprint density at radius 1 is 0.614 bits per heavy atom. The van der Waals surface area contributed by atoms with Crippen LogP contribution in [0.2, 0.25) is 0 Å². The molecule has 4 aromatic rings. The summed E-state index contributed by atoms with van der Waals surface area (Å²) in [5.41, 5.74) is 1.23. The van der Waals surface area contributed by atoms with Crippen LogP contribution in [-0.2, 0) is 13.7 Å². The second-order valence-corrected chi connectivity index (χ2v) is 18.1. The summed E-state index contributed by atoms with van der Waals surface area (Å²) in [7, 11) is -11.3.